The predicted octanol–water partition coefficient (Wildman–Crippen LogP) is 3.09. The molecule has 1 aromatic rings. The third-order valence-electron chi connectivity index (χ3n) is 4.06. The number of ether oxygens (including phenoxy) is 2. The van der Waals surface area contributed by atoms with Gasteiger partial charge in [-0.3, -0.25) is 4.99 Å². The van der Waals surface area contributed by atoms with Crippen molar-refractivity contribution in [3.05, 3.63) is 34.1 Å². The topological polar surface area (TPSA) is 54.9 Å². The van der Waals surface area contributed by atoms with E-state index >= 15 is 0 Å². The Morgan fingerprint density at radius 3 is 2.84 bits per heavy atom. The van der Waals surface area contributed by atoms with Gasteiger partial charge in [-0.25, -0.2) is 4.39 Å². The molecule has 1 aliphatic rings. The van der Waals surface area contributed by atoms with Gasteiger partial charge in [0.2, 0.25) is 0 Å². The van der Waals surface area contributed by atoms with Gasteiger partial charge in [-0.05, 0) is 48.9 Å². The van der Waals surface area contributed by atoms with Crippen LogP contribution >= 0.6 is 15.9 Å². The van der Waals surface area contributed by atoms with E-state index in [1.165, 1.54) is 12.1 Å². The third-order valence-corrected chi connectivity index (χ3v) is 4.52. The quantitative estimate of drug-likeness (QED) is 0.389. The maximum atomic E-state index is 13.4. The van der Waals surface area contributed by atoms with Crippen LogP contribution in [-0.2, 0) is 16.0 Å². The van der Waals surface area contributed by atoms with Gasteiger partial charge in [0.25, 0.3) is 0 Å². The molecule has 2 N–H and O–H groups in total. The van der Waals surface area contributed by atoms with Crippen LogP contribution in [-0.4, -0.2) is 46.0 Å². The molecule has 0 saturated carbocycles. The van der Waals surface area contributed by atoms with Gasteiger partial charge in [-0.1, -0.05) is 15.9 Å². The van der Waals surface area contributed by atoms with E-state index in [9.17, 15) is 4.39 Å². The zero-order valence-electron chi connectivity index (χ0n) is 14.7. The highest BCUT2D eigenvalue weighted by atomic mass is 79.9. The molecule has 1 fully saturated rings. The minimum Gasteiger partial charge on any atom is -0.381 e. The van der Waals surface area contributed by atoms with Gasteiger partial charge in [-0.2, -0.15) is 0 Å². The van der Waals surface area contributed by atoms with Crippen molar-refractivity contribution in [2.75, 3.05) is 40.0 Å². The number of aliphatic imine (C=N–C) groups is 1. The van der Waals surface area contributed by atoms with Crippen LogP contribution in [0.2, 0.25) is 0 Å². The van der Waals surface area contributed by atoms with E-state index in [0.717, 1.165) is 62.3 Å². The Bertz CT molecular complexity index is 531. The Morgan fingerprint density at radius 2 is 2.12 bits per heavy atom. The Kier molecular flexibility index (Phi) is 9.21. The summed E-state index contributed by atoms with van der Waals surface area (Å²) in [5.74, 6) is 1.09. The highest BCUT2D eigenvalue weighted by Crippen LogP contribution is 2.15. The summed E-state index contributed by atoms with van der Waals surface area (Å²) in [6.45, 7) is 4.57. The van der Waals surface area contributed by atoms with Crippen LogP contribution in [0, 0.1) is 11.7 Å². The number of guanidine groups is 1. The number of hydrogen-bond acceptors (Lipinski definition) is 3. The molecular formula is C18H27BrFN3O2. The van der Waals surface area contributed by atoms with Crippen molar-refractivity contribution < 1.29 is 13.9 Å². The van der Waals surface area contributed by atoms with Crippen molar-refractivity contribution in [2.24, 2.45) is 10.9 Å². The first-order chi connectivity index (χ1) is 12.2. The van der Waals surface area contributed by atoms with Gasteiger partial charge in [0.15, 0.2) is 5.96 Å². The normalized spacial score (nSPS) is 16.0. The fourth-order valence-corrected chi connectivity index (χ4v) is 3.18. The summed E-state index contributed by atoms with van der Waals surface area (Å²) in [5.41, 5.74) is 0.856. The van der Waals surface area contributed by atoms with E-state index in [1.807, 2.05) is 6.07 Å². The van der Waals surface area contributed by atoms with Crippen molar-refractivity contribution in [3.8, 4) is 0 Å². The first-order valence-electron chi connectivity index (χ1n) is 8.72. The summed E-state index contributed by atoms with van der Waals surface area (Å²) >= 11 is 3.30. The van der Waals surface area contributed by atoms with E-state index < -0.39 is 0 Å². The van der Waals surface area contributed by atoms with Gasteiger partial charge in [-0.15, -0.1) is 0 Å². The van der Waals surface area contributed by atoms with Gasteiger partial charge in [0.05, 0.1) is 0 Å². The lowest BCUT2D eigenvalue weighted by molar-refractivity contribution is 0.0203. The average molecular weight is 416 g/mol. The highest BCUT2D eigenvalue weighted by molar-refractivity contribution is 9.10. The van der Waals surface area contributed by atoms with Crippen molar-refractivity contribution in [1.82, 2.24) is 10.6 Å². The van der Waals surface area contributed by atoms with E-state index in [0.29, 0.717) is 18.4 Å². The second-order valence-electron chi connectivity index (χ2n) is 6.11. The molecule has 0 aliphatic carbocycles. The van der Waals surface area contributed by atoms with Gasteiger partial charge in [0, 0.05) is 51.0 Å². The molecular weight excluding hydrogens is 389 g/mol. The molecule has 5 nitrogen and oxygen atoms in total. The standard InChI is InChI=1S/C18H27BrFN3O2/c1-21-18(23-12-15-9-16(19)11-17(20)10-15)22-5-2-6-25-13-14-3-7-24-8-4-14/h9-11,14H,2-8,12-13H2,1H3,(H2,21,22,23). The molecule has 0 aromatic heterocycles. The zero-order chi connectivity index (χ0) is 17.9. The number of nitrogens with zero attached hydrogens (tertiary/aromatic N) is 1. The molecule has 1 aliphatic heterocycles. The summed E-state index contributed by atoms with van der Waals surface area (Å²) < 4.78 is 25.2. The van der Waals surface area contributed by atoms with Crippen LogP contribution in [0.3, 0.4) is 0 Å². The molecule has 0 atom stereocenters. The van der Waals surface area contributed by atoms with Gasteiger partial charge >= 0.3 is 0 Å². The lowest BCUT2D eigenvalue weighted by Crippen LogP contribution is -2.37. The lowest BCUT2D eigenvalue weighted by Gasteiger charge is -2.21. The second kappa shape index (κ2) is 11.4. The van der Waals surface area contributed by atoms with E-state index in [1.54, 1.807) is 7.05 Å². The van der Waals surface area contributed by atoms with Crippen LogP contribution in [0.4, 0.5) is 4.39 Å². The Balaban J connectivity index is 1.57. The SMILES string of the molecule is CN=C(NCCCOCC1CCOCC1)NCc1cc(F)cc(Br)c1. The molecule has 2 rings (SSSR count). The van der Waals surface area contributed by atoms with Crippen molar-refractivity contribution in [3.63, 3.8) is 0 Å². The lowest BCUT2D eigenvalue weighted by atomic mass is 10.0. The number of rotatable bonds is 8. The molecule has 0 radical (unpaired) electrons. The molecule has 0 amide bonds. The Morgan fingerprint density at radius 1 is 1.32 bits per heavy atom. The molecule has 7 heteroatoms. The van der Waals surface area contributed by atoms with Crippen molar-refractivity contribution in [2.45, 2.75) is 25.8 Å². The maximum absolute atomic E-state index is 13.4. The summed E-state index contributed by atoms with van der Waals surface area (Å²) in [6.07, 6.45) is 3.12. The van der Waals surface area contributed by atoms with E-state index in [2.05, 4.69) is 31.6 Å². The zero-order valence-corrected chi connectivity index (χ0v) is 16.3. The summed E-state index contributed by atoms with van der Waals surface area (Å²) in [6, 6.07) is 4.83. The minimum absolute atomic E-state index is 0.254. The van der Waals surface area contributed by atoms with Crippen LogP contribution in [0.1, 0.15) is 24.8 Å². The molecule has 0 unspecified atom stereocenters. The molecule has 0 bridgehead atoms. The fourth-order valence-electron chi connectivity index (χ4n) is 2.66. The van der Waals surface area contributed by atoms with Crippen LogP contribution in [0.25, 0.3) is 0 Å². The fraction of sp³-hybridized carbons (Fsp3) is 0.611. The smallest absolute Gasteiger partial charge is 0.191 e. The van der Waals surface area contributed by atoms with Gasteiger partial charge < -0.3 is 20.1 Å². The molecule has 1 saturated heterocycles. The Labute approximate surface area is 157 Å². The molecule has 1 aromatic carbocycles. The van der Waals surface area contributed by atoms with E-state index in [-0.39, 0.29) is 5.82 Å². The molecule has 1 heterocycles. The third kappa shape index (κ3) is 8.16. The summed E-state index contributed by atoms with van der Waals surface area (Å²) in [7, 11) is 1.72. The van der Waals surface area contributed by atoms with Crippen LogP contribution in [0.5, 0.6) is 0 Å². The number of hydrogen-bond donors (Lipinski definition) is 2. The number of halogens is 2. The largest absolute Gasteiger partial charge is 0.381 e. The average Bonchev–Trinajstić information content (AvgIpc) is 2.60. The Hall–Kier alpha value is -1.18. The monoisotopic (exact) mass is 415 g/mol. The second-order valence-corrected chi connectivity index (χ2v) is 7.03. The first kappa shape index (κ1) is 20.1. The highest BCUT2D eigenvalue weighted by Gasteiger charge is 2.13. The van der Waals surface area contributed by atoms with E-state index in [4.69, 9.17) is 9.47 Å². The maximum Gasteiger partial charge on any atom is 0.191 e. The van der Waals surface area contributed by atoms with Crippen LogP contribution < -0.4 is 10.6 Å². The van der Waals surface area contributed by atoms with Gasteiger partial charge in [0.1, 0.15) is 5.82 Å². The van der Waals surface area contributed by atoms with Crippen molar-refractivity contribution >= 4 is 21.9 Å². The molecule has 25 heavy (non-hydrogen) atoms. The first-order valence-corrected chi connectivity index (χ1v) is 9.51. The summed E-state index contributed by atoms with van der Waals surface area (Å²) in [4.78, 5) is 4.17. The van der Waals surface area contributed by atoms with Crippen molar-refractivity contribution in [1.29, 1.82) is 0 Å². The molecule has 0 spiro atoms. The minimum atomic E-state index is -0.254. The number of benzene rings is 1. The molecule has 140 valence electrons. The van der Waals surface area contributed by atoms with Crippen LogP contribution in [0.15, 0.2) is 27.7 Å². The number of nitrogens with one attached hydrogen (secondary N) is 2. The summed E-state index contributed by atoms with van der Waals surface area (Å²) in [5, 5.41) is 6.42. The predicted molar refractivity (Wildman–Crippen MR) is 101 cm³/mol.